The van der Waals surface area contributed by atoms with Gasteiger partial charge < -0.3 is 14.9 Å². The predicted molar refractivity (Wildman–Crippen MR) is 397 cm³/mol. The van der Waals surface area contributed by atoms with Crippen LogP contribution >= 0.6 is 0 Å². The molecule has 0 amide bonds. The highest BCUT2D eigenvalue weighted by molar-refractivity contribution is 5.71. The van der Waals surface area contributed by atoms with Gasteiger partial charge in [-0.2, -0.15) is 0 Å². The number of aliphatic carboxylic acids is 1. The highest BCUT2D eigenvalue weighted by atomic mass is 16.5. The molecule has 1 fully saturated rings. The van der Waals surface area contributed by atoms with Crippen molar-refractivity contribution >= 4 is 5.97 Å². The Balaban J connectivity index is 2.91. The lowest BCUT2D eigenvalue weighted by Gasteiger charge is -2.35. The summed E-state index contributed by atoms with van der Waals surface area (Å²) < 4.78 is 6.69. The fraction of sp³-hybridized carbons (Fsp3) is 0.988. The minimum Gasteiger partial charge on any atom is -0.481 e. The van der Waals surface area contributed by atoms with Crippen LogP contribution in [0.25, 0.3) is 0 Å². The zero-order chi connectivity index (χ0) is 64.6. The molecule has 0 saturated heterocycles. The van der Waals surface area contributed by atoms with Crippen LogP contribution in [0.1, 0.15) is 478 Å². The Morgan fingerprint density at radius 1 is 0.303 bits per heavy atom. The highest BCUT2D eigenvalue weighted by Crippen LogP contribution is 2.56. The number of ether oxygens (including phenoxy) is 1. The molecule has 9 atom stereocenters. The molecule has 1 aliphatic carbocycles. The van der Waals surface area contributed by atoms with Crippen molar-refractivity contribution in [3.63, 3.8) is 0 Å². The van der Waals surface area contributed by atoms with Crippen LogP contribution in [0.2, 0.25) is 0 Å². The molecular weight excluding hydrogens is 1080 g/mol. The molecule has 2 N–H and O–H groups in total. The summed E-state index contributed by atoms with van der Waals surface area (Å²) in [6.07, 6.45) is 91.8. The zero-order valence-electron chi connectivity index (χ0n) is 62.5. The molecular formula is C85H168O4. The molecule has 0 radical (unpaired) electrons. The lowest BCUT2D eigenvalue weighted by atomic mass is 9.75. The third-order valence-corrected chi connectivity index (χ3v) is 22.5. The lowest BCUT2D eigenvalue weighted by Crippen LogP contribution is -2.40. The summed E-state index contributed by atoms with van der Waals surface area (Å²) in [5.41, 5.74) is 0. The first-order valence-electron chi connectivity index (χ1n) is 42.2. The number of unbranched alkanes of at least 4 members (excludes halogenated alkanes) is 59. The normalized spacial score (nSPS) is 16.6. The van der Waals surface area contributed by atoms with Gasteiger partial charge in [0.05, 0.1) is 18.1 Å². The summed E-state index contributed by atoms with van der Waals surface area (Å²) in [5.74, 6) is 0.575. The van der Waals surface area contributed by atoms with E-state index in [0.29, 0.717) is 23.7 Å². The van der Waals surface area contributed by atoms with Crippen LogP contribution < -0.4 is 0 Å². The molecule has 0 heterocycles. The number of carboxylic acid groups (broad SMARTS) is 1. The van der Waals surface area contributed by atoms with Crippen molar-refractivity contribution < 1.29 is 19.7 Å². The molecule has 532 valence electrons. The summed E-state index contributed by atoms with van der Waals surface area (Å²) in [6, 6.07) is 0. The first-order valence-corrected chi connectivity index (χ1v) is 42.2. The van der Waals surface area contributed by atoms with E-state index in [2.05, 4.69) is 41.5 Å². The Morgan fingerprint density at radius 2 is 0.494 bits per heavy atom. The number of hydrogen-bond acceptors (Lipinski definition) is 3. The van der Waals surface area contributed by atoms with Crippen molar-refractivity contribution in [3.05, 3.63) is 0 Å². The molecule has 4 heteroatoms. The van der Waals surface area contributed by atoms with Gasteiger partial charge in [-0.3, -0.25) is 4.79 Å². The third kappa shape index (κ3) is 52.3. The molecule has 1 saturated carbocycles. The average Bonchev–Trinajstić information content (AvgIpc) is 2.20. The SMILES string of the molecule is CCCCCCCCCCCCCCCCCCCCCCC(C)[C@@H](C(=O)O)[C@H](O)C(CCCCCCCCCCCCCCCC)[C@H]1CC1[C@H](CCCCCCCCCCCCCCC)[C@@H](OC)[C@H](C)CCCCCCCCCCCCCCCCCC. The Labute approximate surface area is 561 Å². The quantitative estimate of drug-likeness (QED) is 0.0596. The van der Waals surface area contributed by atoms with Crippen LogP contribution in [-0.2, 0) is 9.53 Å². The van der Waals surface area contributed by atoms with Crippen LogP contribution in [0.4, 0.5) is 0 Å². The number of rotatable bonds is 76. The number of aliphatic hydroxyl groups is 1. The van der Waals surface area contributed by atoms with E-state index >= 15 is 0 Å². The van der Waals surface area contributed by atoms with E-state index in [-0.39, 0.29) is 17.9 Å². The van der Waals surface area contributed by atoms with Crippen molar-refractivity contribution in [1.29, 1.82) is 0 Å². The Morgan fingerprint density at radius 3 is 0.719 bits per heavy atom. The summed E-state index contributed by atoms with van der Waals surface area (Å²) in [5, 5.41) is 23.7. The average molecular weight is 1250 g/mol. The van der Waals surface area contributed by atoms with Gasteiger partial charge in [0.2, 0.25) is 0 Å². The van der Waals surface area contributed by atoms with Crippen LogP contribution in [-0.4, -0.2) is 35.5 Å². The molecule has 0 aromatic heterocycles. The van der Waals surface area contributed by atoms with Gasteiger partial charge in [0.1, 0.15) is 0 Å². The molecule has 0 bridgehead atoms. The van der Waals surface area contributed by atoms with Gasteiger partial charge in [0, 0.05) is 7.11 Å². The van der Waals surface area contributed by atoms with Gasteiger partial charge in [0.25, 0.3) is 0 Å². The molecule has 0 aliphatic heterocycles. The largest absolute Gasteiger partial charge is 0.481 e. The molecule has 4 nitrogen and oxygen atoms in total. The van der Waals surface area contributed by atoms with E-state index < -0.39 is 18.0 Å². The van der Waals surface area contributed by atoms with Crippen molar-refractivity contribution in [2.45, 2.75) is 490 Å². The number of methoxy groups -OCH3 is 1. The van der Waals surface area contributed by atoms with Crippen molar-refractivity contribution in [2.24, 2.45) is 41.4 Å². The van der Waals surface area contributed by atoms with Gasteiger partial charge in [0.15, 0.2) is 0 Å². The van der Waals surface area contributed by atoms with Crippen LogP contribution in [0.5, 0.6) is 0 Å². The second-order valence-electron chi connectivity index (χ2n) is 30.9. The lowest BCUT2D eigenvalue weighted by molar-refractivity contribution is -0.151. The molecule has 0 aromatic rings. The third-order valence-electron chi connectivity index (χ3n) is 22.5. The summed E-state index contributed by atoms with van der Waals surface area (Å²) in [6.45, 7) is 13.9. The monoisotopic (exact) mass is 1250 g/mol. The predicted octanol–water partition coefficient (Wildman–Crippen LogP) is 29.4. The highest BCUT2D eigenvalue weighted by Gasteiger charge is 2.53. The van der Waals surface area contributed by atoms with Gasteiger partial charge >= 0.3 is 5.97 Å². The van der Waals surface area contributed by atoms with Gasteiger partial charge in [-0.1, -0.05) is 446 Å². The number of hydrogen-bond donors (Lipinski definition) is 2. The van der Waals surface area contributed by atoms with Gasteiger partial charge in [-0.15, -0.1) is 0 Å². The van der Waals surface area contributed by atoms with E-state index in [1.807, 2.05) is 7.11 Å². The molecule has 0 spiro atoms. The fourth-order valence-corrected chi connectivity index (χ4v) is 16.4. The minimum atomic E-state index is -0.773. The molecule has 89 heavy (non-hydrogen) atoms. The molecule has 3 unspecified atom stereocenters. The fourth-order valence-electron chi connectivity index (χ4n) is 16.4. The number of aliphatic hydroxyl groups excluding tert-OH is 1. The Kier molecular flexibility index (Phi) is 65.4. The first-order chi connectivity index (χ1) is 43.8. The minimum absolute atomic E-state index is 0.0119. The first kappa shape index (κ1) is 86.4. The van der Waals surface area contributed by atoms with Crippen molar-refractivity contribution in [2.75, 3.05) is 7.11 Å². The van der Waals surface area contributed by atoms with Crippen molar-refractivity contribution in [3.8, 4) is 0 Å². The van der Waals surface area contributed by atoms with Crippen LogP contribution in [0.3, 0.4) is 0 Å². The maximum atomic E-state index is 13.5. The molecule has 1 rings (SSSR count). The smallest absolute Gasteiger partial charge is 0.309 e. The van der Waals surface area contributed by atoms with E-state index in [9.17, 15) is 15.0 Å². The molecule has 1 aliphatic rings. The summed E-state index contributed by atoms with van der Waals surface area (Å²) in [7, 11) is 2.01. The maximum Gasteiger partial charge on any atom is 0.309 e. The topological polar surface area (TPSA) is 66.8 Å². The van der Waals surface area contributed by atoms with Crippen LogP contribution in [0, 0.1) is 41.4 Å². The Hall–Kier alpha value is -0.610. The number of carbonyl (C=O) groups is 1. The van der Waals surface area contributed by atoms with E-state index in [1.54, 1.807) is 0 Å². The molecule has 0 aromatic carbocycles. The summed E-state index contributed by atoms with van der Waals surface area (Å²) in [4.78, 5) is 13.5. The van der Waals surface area contributed by atoms with Gasteiger partial charge in [-0.25, -0.2) is 0 Å². The van der Waals surface area contributed by atoms with Crippen LogP contribution in [0.15, 0.2) is 0 Å². The van der Waals surface area contributed by atoms with Crippen molar-refractivity contribution in [1.82, 2.24) is 0 Å². The Bertz CT molecular complexity index is 1380. The van der Waals surface area contributed by atoms with E-state index in [1.165, 1.54) is 405 Å². The summed E-state index contributed by atoms with van der Waals surface area (Å²) >= 11 is 0. The zero-order valence-corrected chi connectivity index (χ0v) is 62.5. The van der Waals surface area contributed by atoms with E-state index in [0.717, 1.165) is 32.1 Å². The van der Waals surface area contributed by atoms with Gasteiger partial charge in [-0.05, 0) is 67.6 Å². The second-order valence-corrected chi connectivity index (χ2v) is 30.9. The van der Waals surface area contributed by atoms with E-state index in [4.69, 9.17) is 4.74 Å². The second kappa shape index (κ2) is 67.4. The number of carboxylic acids is 1. The standard InChI is InChI=1S/C85H168O4/c1-8-12-16-20-24-28-32-36-39-41-42-43-44-46-48-51-55-59-63-67-71-76(5)82(85(87)88)83(86)78(73-69-65-61-57-53-50-38-34-30-26-22-18-14-10-3)80-75-81(80)79(74-70-66-62-58-54-47-35-31-27-23-19-15-11-4)84(89-7)77(6)72-68-64-60-56-52-49-45-40-37-33-29-25-21-17-13-9-2/h76-84,86H,8-75H2,1-7H3,(H,87,88)/t76?,77-,78?,79+,80-,81?,82-,83-,84+/m1/s1. The maximum absolute atomic E-state index is 13.5.